The Kier molecular flexibility index (Phi) is 7.06. The van der Waals surface area contributed by atoms with Crippen molar-refractivity contribution in [2.75, 3.05) is 49.3 Å². The lowest BCUT2D eigenvalue weighted by Gasteiger charge is -2.22. The molecule has 0 fully saturated rings. The molecule has 0 saturated carbocycles. The molecule has 0 bridgehead atoms. The largest absolute Gasteiger partial charge is 0.395 e. The van der Waals surface area contributed by atoms with Gasteiger partial charge in [-0.25, -0.2) is 0 Å². The van der Waals surface area contributed by atoms with Crippen molar-refractivity contribution >= 4 is 40.1 Å². The molecule has 0 aromatic heterocycles. The van der Waals surface area contributed by atoms with Crippen molar-refractivity contribution in [3.05, 3.63) is 90.0 Å². The highest BCUT2D eigenvalue weighted by Gasteiger charge is 2.28. The molecule has 0 atom stereocenters. The lowest BCUT2D eigenvalue weighted by atomic mass is 10.00. The Morgan fingerprint density at radius 1 is 0.941 bits per heavy atom. The summed E-state index contributed by atoms with van der Waals surface area (Å²) in [6, 6.07) is 24.9. The number of nitrogens with one attached hydrogen (secondary N) is 2. The van der Waals surface area contributed by atoms with Crippen LogP contribution < -0.4 is 15.5 Å². The second-order valence-electron chi connectivity index (χ2n) is 8.20. The molecule has 3 aromatic rings. The van der Waals surface area contributed by atoms with Gasteiger partial charge in [0.2, 0.25) is 5.91 Å². The Morgan fingerprint density at radius 3 is 2.32 bits per heavy atom. The molecule has 0 saturated heterocycles. The van der Waals surface area contributed by atoms with Crippen molar-refractivity contribution in [2.24, 2.45) is 0 Å². The molecular weight excluding hydrogens is 428 g/mol. The monoisotopic (exact) mass is 456 g/mol. The molecule has 174 valence electrons. The summed E-state index contributed by atoms with van der Waals surface area (Å²) >= 11 is 0. The summed E-state index contributed by atoms with van der Waals surface area (Å²) in [5.74, 6) is -0.218. The fourth-order valence-corrected chi connectivity index (χ4v) is 3.89. The third kappa shape index (κ3) is 5.01. The van der Waals surface area contributed by atoms with Crippen molar-refractivity contribution in [3.63, 3.8) is 0 Å². The van der Waals surface area contributed by atoms with Gasteiger partial charge in [0.1, 0.15) is 0 Å². The van der Waals surface area contributed by atoms with E-state index in [1.54, 1.807) is 23.9 Å². The summed E-state index contributed by atoms with van der Waals surface area (Å²) in [5.41, 5.74) is 5.40. The third-order valence-corrected chi connectivity index (χ3v) is 5.77. The number of anilines is 3. The molecule has 0 spiro atoms. The number of hydrogen-bond donors (Lipinski definition) is 3. The lowest BCUT2D eigenvalue weighted by Crippen LogP contribution is -2.37. The van der Waals surface area contributed by atoms with Gasteiger partial charge in [-0.05, 0) is 42.9 Å². The van der Waals surface area contributed by atoms with E-state index in [9.17, 15) is 9.59 Å². The number of benzene rings is 3. The van der Waals surface area contributed by atoms with Gasteiger partial charge in [-0.1, -0.05) is 48.5 Å². The van der Waals surface area contributed by atoms with Crippen LogP contribution in [0.2, 0.25) is 0 Å². The molecule has 3 aromatic carbocycles. The minimum absolute atomic E-state index is 0.00954. The number of hydrogen-bond acceptors (Lipinski definition) is 5. The predicted molar refractivity (Wildman–Crippen MR) is 136 cm³/mol. The van der Waals surface area contributed by atoms with Crippen LogP contribution in [-0.4, -0.2) is 55.6 Å². The van der Waals surface area contributed by atoms with E-state index in [0.717, 1.165) is 28.2 Å². The van der Waals surface area contributed by atoms with Crippen molar-refractivity contribution in [2.45, 2.75) is 0 Å². The van der Waals surface area contributed by atoms with Crippen LogP contribution in [0.1, 0.15) is 11.1 Å². The van der Waals surface area contributed by atoms with Crippen LogP contribution in [0.4, 0.5) is 17.1 Å². The van der Waals surface area contributed by atoms with Gasteiger partial charge >= 0.3 is 0 Å². The van der Waals surface area contributed by atoms with E-state index in [1.807, 2.05) is 78.9 Å². The maximum absolute atomic E-state index is 12.9. The average Bonchev–Trinajstić information content (AvgIpc) is 3.18. The van der Waals surface area contributed by atoms with Gasteiger partial charge in [-0.15, -0.1) is 0 Å². The number of carbonyl (C=O) groups is 2. The molecule has 2 amide bonds. The first-order valence-electron chi connectivity index (χ1n) is 11.1. The molecule has 34 heavy (non-hydrogen) atoms. The van der Waals surface area contributed by atoms with Crippen LogP contribution in [-0.2, 0) is 9.59 Å². The zero-order valence-electron chi connectivity index (χ0n) is 19.3. The van der Waals surface area contributed by atoms with Gasteiger partial charge in [-0.3, -0.25) is 14.5 Å². The minimum Gasteiger partial charge on any atom is -0.395 e. The van der Waals surface area contributed by atoms with Crippen molar-refractivity contribution < 1.29 is 14.7 Å². The Balaban J connectivity index is 1.62. The Morgan fingerprint density at radius 2 is 1.62 bits per heavy atom. The van der Waals surface area contributed by atoms with E-state index < -0.39 is 0 Å². The maximum atomic E-state index is 12.9. The molecule has 1 heterocycles. The molecule has 0 aliphatic carbocycles. The number of aliphatic hydroxyl groups excluding tert-OH is 1. The van der Waals surface area contributed by atoms with E-state index in [2.05, 4.69) is 10.6 Å². The van der Waals surface area contributed by atoms with Crippen LogP contribution in [0.3, 0.4) is 0 Å². The smallest absolute Gasteiger partial charge is 0.258 e. The van der Waals surface area contributed by atoms with E-state index in [4.69, 9.17) is 5.11 Å². The van der Waals surface area contributed by atoms with Gasteiger partial charge in [0, 0.05) is 36.2 Å². The average molecular weight is 457 g/mol. The standard InChI is InChI=1S/C27H28N4O3/c1-30(16-17-32)18-24(33)31(2)21-14-12-20(13-15-21)28-26(19-8-4-3-5-9-19)25-22-10-6-7-11-23(22)29-27(25)34/h3-15,28,32H,16-18H2,1-2H3,(H,29,34)/b26-25-. The van der Waals surface area contributed by atoms with Gasteiger partial charge in [0.15, 0.2) is 0 Å². The first-order valence-corrected chi connectivity index (χ1v) is 11.1. The van der Waals surface area contributed by atoms with Crippen LogP contribution in [0.15, 0.2) is 78.9 Å². The van der Waals surface area contributed by atoms with Crippen molar-refractivity contribution in [3.8, 4) is 0 Å². The molecule has 0 unspecified atom stereocenters. The topological polar surface area (TPSA) is 84.9 Å². The first kappa shape index (κ1) is 23.2. The quantitative estimate of drug-likeness (QED) is 0.452. The van der Waals surface area contributed by atoms with E-state index in [-0.39, 0.29) is 25.0 Å². The lowest BCUT2D eigenvalue weighted by molar-refractivity contribution is -0.119. The zero-order valence-corrected chi connectivity index (χ0v) is 19.3. The second kappa shape index (κ2) is 10.3. The molecule has 1 aliphatic rings. The highest BCUT2D eigenvalue weighted by atomic mass is 16.3. The number of likely N-dealkylation sites (N-methyl/N-ethyl adjacent to an activating group) is 2. The molecule has 0 radical (unpaired) electrons. The maximum Gasteiger partial charge on any atom is 0.258 e. The second-order valence-corrected chi connectivity index (χ2v) is 8.20. The summed E-state index contributed by atoms with van der Waals surface area (Å²) < 4.78 is 0. The highest BCUT2D eigenvalue weighted by Crippen LogP contribution is 2.37. The predicted octanol–water partition coefficient (Wildman–Crippen LogP) is 3.51. The van der Waals surface area contributed by atoms with Crippen LogP contribution in [0.5, 0.6) is 0 Å². The van der Waals surface area contributed by atoms with E-state index in [1.165, 1.54) is 0 Å². The zero-order chi connectivity index (χ0) is 24.1. The molecule has 3 N–H and O–H groups in total. The Labute approximate surface area is 199 Å². The first-order chi connectivity index (χ1) is 16.5. The number of aliphatic hydroxyl groups is 1. The normalized spacial score (nSPS) is 13.9. The molecular formula is C27H28N4O3. The fourth-order valence-electron chi connectivity index (χ4n) is 3.89. The van der Waals surface area contributed by atoms with Gasteiger partial charge in [0.25, 0.3) is 5.91 Å². The summed E-state index contributed by atoms with van der Waals surface area (Å²) in [4.78, 5) is 28.8. The van der Waals surface area contributed by atoms with Crippen LogP contribution >= 0.6 is 0 Å². The highest BCUT2D eigenvalue weighted by molar-refractivity contribution is 6.37. The summed E-state index contributed by atoms with van der Waals surface area (Å²) in [7, 11) is 3.53. The molecule has 7 nitrogen and oxygen atoms in total. The summed E-state index contributed by atoms with van der Waals surface area (Å²) in [6.45, 7) is 0.668. The summed E-state index contributed by atoms with van der Waals surface area (Å²) in [5, 5.41) is 15.4. The minimum atomic E-state index is -0.151. The SMILES string of the molecule is CN(CCO)CC(=O)N(C)c1ccc(N/C(=C2\C(=O)Nc3ccccc32)c2ccccc2)cc1. The summed E-state index contributed by atoms with van der Waals surface area (Å²) in [6.07, 6.45) is 0. The molecule has 7 heteroatoms. The van der Waals surface area contributed by atoms with Crippen molar-refractivity contribution in [1.82, 2.24) is 4.90 Å². The van der Waals surface area contributed by atoms with Gasteiger partial charge in [0.05, 0.1) is 24.4 Å². The number of nitrogens with zero attached hydrogens (tertiary/aromatic N) is 2. The van der Waals surface area contributed by atoms with Crippen LogP contribution in [0.25, 0.3) is 11.3 Å². The van der Waals surface area contributed by atoms with Gasteiger partial charge < -0.3 is 20.6 Å². The Bertz CT molecular complexity index is 1210. The number of rotatable bonds is 8. The van der Waals surface area contributed by atoms with Gasteiger partial charge in [-0.2, -0.15) is 0 Å². The van der Waals surface area contributed by atoms with Crippen LogP contribution in [0, 0.1) is 0 Å². The molecule has 4 rings (SSSR count). The number of para-hydroxylation sites is 1. The molecule has 1 aliphatic heterocycles. The Hall–Kier alpha value is -3.94. The van der Waals surface area contributed by atoms with Crippen molar-refractivity contribution in [1.29, 1.82) is 0 Å². The van der Waals surface area contributed by atoms with E-state index >= 15 is 0 Å². The number of amides is 2. The van der Waals surface area contributed by atoms with E-state index in [0.29, 0.717) is 17.8 Å². The third-order valence-electron chi connectivity index (χ3n) is 5.77. The number of fused-ring (bicyclic) bond motifs is 1. The number of carbonyl (C=O) groups excluding carboxylic acids is 2. The fraction of sp³-hybridized carbons (Fsp3) is 0.185.